The monoisotopic (exact) mass is 513 g/mol. The Morgan fingerprint density at radius 1 is 1.21 bits per heavy atom. The normalized spacial score (nSPS) is 15.2. The van der Waals surface area contributed by atoms with E-state index in [1.807, 2.05) is 36.8 Å². The summed E-state index contributed by atoms with van der Waals surface area (Å²) in [5.41, 5.74) is 14.0. The second-order valence-electron chi connectivity index (χ2n) is 9.92. The molecule has 1 aromatic carbocycles. The number of aromatic hydroxyl groups is 1. The minimum atomic E-state index is 0.219. The Morgan fingerprint density at radius 2 is 2.00 bits per heavy atom. The van der Waals surface area contributed by atoms with Gasteiger partial charge in [0.2, 0.25) is 5.88 Å². The fourth-order valence-corrected chi connectivity index (χ4v) is 5.01. The van der Waals surface area contributed by atoms with Crippen LogP contribution in [0.25, 0.3) is 16.6 Å². The number of aryl methyl sites for hydroxylation is 2. The number of nitrogens with zero attached hydrogens (tertiary/aromatic N) is 5. The quantitative estimate of drug-likeness (QED) is 0.246. The zero-order chi connectivity index (χ0) is 26.8. The molecule has 9 heteroatoms. The summed E-state index contributed by atoms with van der Waals surface area (Å²) in [5, 5.41) is 18.4. The van der Waals surface area contributed by atoms with Gasteiger partial charge in [0.25, 0.3) is 0 Å². The Kier molecular flexibility index (Phi) is 7.20. The summed E-state index contributed by atoms with van der Waals surface area (Å²) in [6.45, 7) is 6.15. The van der Waals surface area contributed by atoms with Crippen molar-refractivity contribution in [2.75, 3.05) is 32.6 Å². The highest BCUT2D eigenvalue weighted by atomic mass is 16.5. The number of likely N-dealkylation sites (tertiary alicyclic amines) is 1. The van der Waals surface area contributed by atoms with Crippen LogP contribution in [0.5, 0.6) is 11.6 Å². The molecule has 0 atom stereocenters. The molecule has 4 heterocycles. The highest BCUT2D eigenvalue weighted by molar-refractivity contribution is 6.06. The molecule has 4 aromatic rings. The first-order valence-electron chi connectivity index (χ1n) is 13.0. The maximum atomic E-state index is 9.91. The molecule has 1 aliphatic heterocycles. The molecule has 3 aromatic heterocycles. The molecule has 0 aliphatic carbocycles. The molecule has 38 heavy (non-hydrogen) atoms. The molecule has 0 saturated carbocycles. The Hall–Kier alpha value is -4.11. The minimum Gasteiger partial charge on any atom is -0.508 e. The minimum absolute atomic E-state index is 0.219. The van der Waals surface area contributed by atoms with Crippen molar-refractivity contribution < 1.29 is 9.84 Å². The largest absolute Gasteiger partial charge is 0.508 e. The van der Waals surface area contributed by atoms with Gasteiger partial charge in [0.15, 0.2) is 0 Å². The fourth-order valence-electron chi connectivity index (χ4n) is 5.01. The van der Waals surface area contributed by atoms with Gasteiger partial charge in [0.05, 0.1) is 35.8 Å². The Bertz CT molecular complexity index is 1490. The maximum absolute atomic E-state index is 9.91. The third-order valence-corrected chi connectivity index (χ3v) is 7.27. The van der Waals surface area contributed by atoms with Gasteiger partial charge in [0.1, 0.15) is 11.6 Å². The van der Waals surface area contributed by atoms with Crippen LogP contribution in [0.15, 0.2) is 53.9 Å². The van der Waals surface area contributed by atoms with E-state index in [2.05, 4.69) is 28.3 Å². The van der Waals surface area contributed by atoms with Gasteiger partial charge in [-0.15, -0.1) is 0 Å². The van der Waals surface area contributed by atoms with Crippen LogP contribution in [0.1, 0.15) is 36.5 Å². The number of hydrogen-bond donors (Lipinski definition) is 3. The zero-order valence-electron chi connectivity index (χ0n) is 22.4. The van der Waals surface area contributed by atoms with E-state index in [0.717, 1.165) is 77.1 Å². The van der Waals surface area contributed by atoms with E-state index in [4.69, 9.17) is 20.6 Å². The predicted molar refractivity (Wildman–Crippen MR) is 152 cm³/mol. The number of rotatable bonds is 7. The van der Waals surface area contributed by atoms with Crippen LogP contribution in [0.2, 0.25) is 0 Å². The Balaban J connectivity index is 1.61. The molecule has 0 amide bonds. The number of amidine groups is 1. The second kappa shape index (κ2) is 10.7. The molecular weight excluding hydrogens is 478 g/mol. The van der Waals surface area contributed by atoms with E-state index in [1.54, 1.807) is 31.5 Å². The lowest BCUT2D eigenvalue weighted by molar-refractivity contribution is 0.264. The SMILES string of the molecule is CCc1cc(O)ccc1N=C(N)c1cnn2cc(-c3cnc(OC)cc3C)cc2c1NC1CCN(C)CC1. The van der Waals surface area contributed by atoms with Gasteiger partial charge in [-0.1, -0.05) is 6.92 Å². The standard InChI is InChI=1S/C29H35N7O2/c1-5-19-13-22(37)6-7-25(19)34-29(30)24-16-32-36-17-20(23-15-31-27(38-4)12-18(23)2)14-26(36)28(24)33-21-8-10-35(3)11-9-21/h6-7,12-17,21,33,37H,5,8-11H2,1-4H3,(H2,30,34). The number of ether oxygens (including phenoxy) is 1. The number of anilines is 1. The third-order valence-electron chi connectivity index (χ3n) is 7.27. The van der Waals surface area contributed by atoms with Crippen molar-refractivity contribution >= 4 is 22.7 Å². The lowest BCUT2D eigenvalue weighted by atomic mass is 10.0. The van der Waals surface area contributed by atoms with Gasteiger partial charge >= 0.3 is 0 Å². The number of hydrogen-bond acceptors (Lipinski definition) is 7. The molecule has 0 bridgehead atoms. The molecule has 5 rings (SSSR count). The number of pyridine rings is 1. The molecule has 1 saturated heterocycles. The zero-order valence-corrected chi connectivity index (χ0v) is 22.4. The smallest absolute Gasteiger partial charge is 0.213 e. The number of benzene rings is 1. The summed E-state index contributed by atoms with van der Waals surface area (Å²) in [4.78, 5) is 11.5. The van der Waals surface area contributed by atoms with Gasteiger partial charge in [0, 0.05) is 35.6 Å². The molecule has 1 aliphatic rings. The highest BCUT2D eigenvalue weighted by Crippen LogP contribution is 2.33. The van der Waals surface area contributed by atoms with Crippen LogP contribution in [-0.4, -0.2) is 63.7 Å². The number of aliphatic imine (C=N–C) groups is 1. The van der Waals surface area contributed by atoms with Crippen LogP contribution >= 0.6 is 0 Å². The average Bonchev–Trinajstić information content (AvgIpc) is 3.35. The number of aromatic nitrogens is 3. The van der Waals surface area contributed by atoms with E-state index in [9.17, 15) is 5.11 Å². The summed E-state index contributed by atoms with van der Waals surface area (Å²) < 4.78 is 7.17. The summed E-state index contributed by atoms with van der Waals surface area (Å²) in [6, 6.07) is 9.53. The van der Waals surface area contributed by atoms with Crippen LogP contribution in [0.3, 0.4) is 0 Å². The number of nitrogens with two attached hydrogens (primary N) is 1. The number of piperidine rings is 1. The van der Waals surface area contributed by atoms with E-state index < -0.39 is 0 Å². The maximum Gasteiger partial charge on any atom is 0.213 e. The molecule has 9 nitrogen and oxygen atoms in total. The van der Waals surface area contributed by atoms with Crippen molar-refractivity contribution in [3.63, 3.8) is 0 Å². The van der Waals surface area contributed by atoms with E-state index in [0.29, 0.717) is 17.8 Å². The first-order valence-corrected chi connectivity index (χ1v) is 13.0. The third kappa shape index (κ3) is 5.15. The van der Waals surface area contributed by atoms with Gasteiger partial charge in [-0.05, 0) is 81.7 Å². The van der Waals surface area contributed by atoms with Crippen molar-refractivity contribution in [1.82, 2.24) is 19.5 Å². The number of nitrogens with one attached hydrogen (secondary N) is 1. The van der Waals surface area contributed by atoms with Crippen LogP contribution < -0.4 is 15.8 Å². The predicted octanol–water partition coefficient (Wildman–Crippen LogP) is 4.52. The molecule has 0 unspecified atom stereocenters. The number of fused-ring (bicyclic) bond motifs is 1. The summed E-state index contributed by atoms with van der Waals surface area (Å²) in [7, 11) is 3.78. The average molecular weight is 514 g/mol. The number of methoxy groups -OCH3 is 1. The number of phenols is 1. The summed E-state index contributed by atoms with van der Waals surface area (Å²) >= 11 is 0. The van der Waals surface area contributed by atoms with Crippen molar-refractivity contribution in [2.24, 2.45) is 10.7 Å². The van der Waals surface area contributed by atoms with Crippen molar-refractivity contribution in [3.05, 3.63) is 65.6 Å². The van der Waals surface area contributed by atoms with Crippen molar-refractivity contribution in [3.8, 4) is 22.8 Å². The Morgan fingerprint density at radius 3 is 2.71 bits per heavy atom. The number of phenolic OH excluding ortho intramolecular Hbond substituents is 1. The first kappa shape index (κ1) is 25.5. The van der Waals surface area contributed by atoms with Crippen molar-refractivity contribution in [1.29, 1.82) is 0 Å². The molecular formula is C29H35N7O2. The summed E-state index contributed by atoms with van der Waals surface area (Å²) in [5.74, 6) is 1.18. The topological polar surface area (TPSA) is 113 Å². The van der Waals surface area contributed by atoms with E-state index in [-0.39, 0.29) is 5.75 Å². The lowest BCUT2D eigenvalue weighted by Gasteiger charge is -2.30. The van der Waals surface area contributed by atoms with Gasteiger partial charge < -0.3 is 25.8 Å². The molecule has 198 valence electrons. The molecule has 0 spiro atoms. The molecule has 1 fully saturated rings. The van der Waals surface area contributed by atoms with Gasteiger partial charge in [-0.2, -0.15) is 5.10 Å². The van der Waals surface area contributed by atoms with Crippen molar-refractivity contribution in [2.45, 2.75) is 39.2 Å². The Labute approximate surface area is 223 Å². The van der Waals surface area contributed by atoms with Crippen LogP contribution in [0, 0.1) is 6.92 Å². The lowest BCUT2D eigenvalue weighted by Crippen LogP contribution is -2.37. The molecule has 0 radical (unpaired) electrons. The second-order valence-corrected chi connectivity index (χ2v) is 9.92. The fraction of sp³-hybridized carbons (Fsp3) is 0.345. The molecule has 4 N–H and O–H groups in total. The van der Waals surface area contributed by atoms with Crippen LogP contribution in [0.4, 0.5) is 11.4 Å². The first-order chi connectivity index (χ1) is 18.4. The summed E-state index contributed by atoms with van der Waals surface area (Å²) in [6.07, 6.45) is 8.43. The van der Waals surface area contributed by atoms with Gasteiger partial charge in [-0.3, -0.25) is 0 Å². The van der Waals surface area contributed by atoms with Gasteiger partial charge in [-0.25, -0.2) is 14.5 Å². The highest BCUT2D eigenvalue weighted by Gasteiger charge is 2.22. The van der Waals surface area contributed by atoms with E-state index in [1.165, 1.54) is 0 Å². The van der Waals surface area contributed by atoms with Crippen LogP contribution in [-0.2, 0) is 6.42 Å². The van der Waals surface area contributed by atoms with E-state index >= 15 is 0 Å².